The second kappa shape index (κ2) is 7.15. The topological polar surface area (TPSA) is 32.8 Å². The maximum absolute atomic E-state index is 13.7. The van der Waals surface area contributed by atoms with E-state index in [4.69, 9.17) is 4.74 Å². The Hall–Kier alpha value is -1.53. The van der Waals surface area contributed by atoms with Crippen molar-refractivity contribution in [2.75, 3.05) is 33.4 Å². The van der Waals surface area contributed by atoms with Gasteiger partial charge in [-0.05, 0) is 12.0 Å². The van der Waals surface area contributed by atoms with E-state index < -0.39 is 5.92 Å². The molecule has 0 saturated carbocycles. The van der Waals surface area contributed by atoms with E-state index >= 15 is 0 Å². The second-order valence-corrected chi connectivity index (χ2v) is 6.78. The lowest BCUT2D eigenvalue weighted by atomic mass is 10.0. The summed E-state index contributed by atoms with van der Waals surface area (Å²) in [5, 5.41) is 0. The van der Waals surface area contributed by atoms with Crippen molar-refractivity contribution in [1.82, 2.24) is 9.80 Å². The molecular formula is C18H24F2N2O2. The third-order valence-electron chi connectivity index (χ3n) is 4.93. The number of rotatable bonds is 6. The summed E-state index contributed by atoms with van der Waals surface area (Å²) < 4.78 is 32.4. The average molecular weight is 338 g/mol. The van der Waals surface area contributed by atoms with Crippen molar-refractivity contribution >= 4 is 5.91 Å². The molecule has 1 aromatic rings. The summed E-state index contributed by atoms with van der Waals surface area (Å²) >= 11 is 0. The van der Waals surface area contributed by atoms with Gasteiger partial charge < -0.3 is 9.64 Å². The number of carbonyl (C=O) groups is 1. The van der Waals surface area contributed by atoms with E-state index in [1.165, 1.54) is 7.11 Å². The average Bonchev–Trinajstić information content (AvgIpc) is 2.80. The largest absolute Gasteiger partial charge is 0.383 e. The van der Waals surface area contributed by atoms with Crippen LogP contribution in [0.5, 0.6) is 0 Å². The summed E-state index contributed by atoms with van der Waals surface area (Å²) in [6, 6.07) is 9.66. The minimum Gasteiger partial charge on any atom is -0.383 e. The number of likely N-dealkylation sites (tertiary alicyclic amines) is 2. The number of ether oxygens (including phenoxy) is 1. The highest BCUT2D eigenvalue weighted by Gasteiger charge is 2.50. The number of nitrogens with zero attached hydrogens (tertiary/aromatic N) is 2. The van der Waals surface area contributed by atoms with Gasteiger partial charge in [0.05, 0.1) is 13.2 Å². The van der Waals surface area contributed by atoms with Gasteiger partial charge in [0.15, 0.2) is 0 Å². The molecule has 0 unspecified atom stereocenters. The molecule has 0 N–H and O–H groups in total. The molecule has 1 aromatic carbocycles. The zero-order valence-electron chi connectivity index (χ0n) is 14.0. The van der Waals surface area contributed by atoms with E-state index in [2.05, 4.69) is 0 Å². The molecule has 2 aliphatic heterocycles. The molecule has 0 spiro atoms. The van der Waals surface area contributed by atoms with Gasteiger partial charge in [-0.1, -0.05) is 30.3 Å². The lowest BCUT2D eigenvalue weighted by Crippen LogP contribution is -2.62. The third-order valence-corrected chi connectivity index (χ3v) is 4.93. The standard InChI is InChI=1S/C18H24F2N2O2/c1-24-12-15-9-18(19,20)13-22(15)16-10-21(11-16)17(23)8-7-14-5-3-2-4-6-14/h2-6,15-16H,7-13H2,1H3/t15-/m0/s1. The van der Waals surface area contributed by atoms with E-state index in [9.17, 15) is 13.6 Å². The number of alkyl halides is 2. The van der Waals surface area contributed by atoms with Crippen LogP contribution >= 0.6 is 0 Å². The van der Waals surface area contributed by atoms with Gasteiger partial charge >= 0.3 is 0 Å². The number of amides is 1. The summed E-state index contributed by atoms with van der Waals surface area (Å²) in [4.78, 5) is 15.8. The maximum Gasteiger partial charge on any atom is 0.262 e. The van der Waals surface area contributed by atoms with Gasteiger partial charge in [-0.3, -0.25) is 9.69 Å². The number of carbonyl (C=O) groups excluding carboxylic acids is 1. The van der Waals surface area contributed by atoms with Crippen molar-refractivity contribution in [3.63, 3.8) is 0 Å². The van der Waals surface area contributed by atoms with Gasteiger partial charge in [0.1, 0.15) is 0 Å². The second-order valence-electron chi connectivity index (χ2n) is 6.78. The molecular weight excluding hydrogens is 314 g/mol. The molecule has 3 rings (SSSR count). The molecule has 6 heteroatoms. The zero-order valence-corrected chi connectivity index (χ0v) is 14.0. The number of hydrogen-bond acceptors (Lipinski definition) is 3. The van der Waals surface area contributed by atoms with Crippen LogP contribution in [0.2, 0.25) is 0 Å². The molecule has 0 aliphatic carbocycles. The summed E-state index contributed by atoms with van der Waals surface area (Å²) in [6.07, 6.45) is 1.03. The van der Waals surface area contributed by atoms with Crippen LogP contribution in [0, 0.1) is 0 Å². The Morgan fingerprint density at radius 1 is 1.29 bits per heavy atom. The lowest BCUT2D eigenvalue weighted by Gasteiger charge is -2.46. The van der Waals surface area contributed by atoms with Crippen molar-refractivity contribution < 1.29 is 18.3 Å². The van der Waals surface area contributed by atoms with Gasteiger partial charge in [0, 0.05) is 45.1 Å². The minimum atomic E-state index is -2.65. The van der Waals surface area contributed by atoms with Gasteiger partial charge in [-0.15, -0.1) is 0 Å². The normalized spacial score (nSPS) is 24.1. The number of aryl methyl sites for hydroxylation is 1. The monoisotopic (exact) mass is 338 g/mol. The van der Waals surface area contributed by atoms with Gasteiger partial charge in [0.25, 0.3) is 5.92 Å². The Labute approximate surface area is 141 Å². The first-order valence-electron chi connectivity index (χ1n) is 8.43. The van der Waals surface area contributed by atoms with Crippen LogP contribution < -0.4 is 0 Å². The van der Waals surface area contributed by atoms with Gasteiger partial charge in [0.2, 0.25) is 5.91 Å². The molecule has 1 amide bonds. The Morgan fingerprint density at radius 2 is 2.00 bits per heavy atom. The molecule has 1 atom stereocenters. The quantitative estimate of drug-likeness (QED) is 0.797. The first kappa shape index (κ1) is 17.3. The number of hydrogen-bond donors (Lipinski definition) is 0. The van der Waals surface area contributed by atoms with Crippen molar-refractivity contribution in [2.45, 2.75) is 37.3 Å². The summed E-state index contributed by atoms with van der Waals surface area (Å²) in [5.41, 5.74) is 1.14. The molecule has 2 heterocycles. The fraction of sp³-hybridized carbons (Fsp3) is 0.611. The lowest BCUT2D eigenvalue weighted by molar-refractivity contribution is -0.139. The van der Waals surface area contributed by atoms with E-state index in [0.717, 1.165) is 12.0 Å². The molecule has 4 nitrogen and oxygen atoms in total. The molecule has 0 aromatic heterocycles. The first-order valence-corrected chi connectivity index (χ1v) is 8.43. The Balaban J connectivity index is 1.47. The fourth-order valence-electron chi connectivity index (χ4n) is 3.62. The predicted octanol–water partition coefficient (Wildman–Crippen LogP) is 2.19. The molecule has 0 bridgehead atoms. The first-order chi connectivity index (χ1) is 11.5. The van der Waals surface area contributed by atoms with Crippen molar-refractivity contribution in [3.8, 4) is 0 Å². The highest BCUT2D eigenvalue weighted by Crippen LogP contribution is 2.35. The van der Waals surface area contributed by atoms with Crippen LogP contribution in [0.3, 0.4) is 0 Å². The summed E-state index contributed by atoms with van der Waals surface area (Å²) in [5.74, 6) is -2.55. The predicted molar refractivity (Wildman–Crippen MR) is 87.1 cm³/mol. The van der Waals surface area contributed by atoms with E-state index in [-0.39, 0.29) is 31.0 Å². The number of benzene rings is 1. The fourth-order valence-corrected chi connectivity index (χ4v) is 3.62. The van der Waals surface area contributed by atoms with Crippen molar-refractivity contribution in [2.24, 2.45) is 0 Å². The van der Waals surface area contributed by atoms with E-state index in [1.807, 2.05) is 35.2 Å². The van der Waals surface area contributed by atoms with Gasteiger partial charge in [-0.25, -0.2) is 8.78 Å². The van der Waals surface area contributed by atoms with Gasteiger partial charge in [-0.2, -0.15) is 0 Å². The molecule has 2 saturated heterocycles. The van der Waals surface area contributed by atoms with E-state index in [1.54, 1.807) is 4.90 Å². The Bertz CT molecular complexity index is 561. The van der Waals surface area contributed by atoms with Crippen LogP contribution in [-0.4, -0.2) is 67.1 Å². The SMILES string of the molecule is COC[C@@H]1CC(F)(F)CN1C1CN(C(=O)CCc2ccccc2)C1. The van der Waals surface area contributed by atoms with Crippen LogP contribution in [0.15, 0.2) is 30.3 Å². The highest BCUT2D eigenvalue weighted by atomic mass is 19.3. The summed E-state index contributed by atoms with van der Waals surface area (Å²) in [7, 11) is 1.54. The molecule has 2 aliphatic rings. The Kier molecular flexibility index (Phi) is 5.15. The molecule has 24 heavy (non-hydrogen) atoms. The maximum atomic E-state index is 13.7. The highest BCUT2D eigenvalue weighted by molar-refractivity contribution is 5.77. The third kappa shape index (κ3) is 3.92. The Morgan fingerprint density at radius 3 is 2.67 bits per heavy atom. The van der Waals surface area contributed by atoms with Crippen LogP contribution in [0.4, 0.5) is 8.78 Å². The number of halogens is 2. The van der Waals surface area contributed by atoms with Crippen molar-refractivity contribution in [1.29, 1.82) is 0 Å². The molecule has 0 radical (unpaired) electrons. The van der Waals surface area contributed by atoms with E-state index in [0.29, 0.717) is 26.1 Å². The summed E-state index contributed by atoms with van der Waals surface area (Å²) in [6.45, 7) is 1.18. The number of methoxy groups -OCH3 is 1. The molecule has 2 fully saturated rings. The van der Waals surface area contributed by atoms with Crippen LogP contribution in [-0.2, 0) is 16.0 Å². The minimum absolute atomic E-state index is 0.0270. The van der Waals surface area contributed by atoms with Crippen molar-refractivity contribution in [3.05, 3.63) is 35.9 Å². The van der Waals surface area contributed by atoms with Crippen LogP contribution in [0.1, 0.15) is 18.4 Å². The zero-order chi connectivity index (χ0) is 17.2. The van der Waals surface area contributed by atoms with Crippen LogP contribution in [0.25, 0.3) is 0 Å². The molecule has 132 valence electrons. The smallest absolute Gasteiger partial charge is 0.262 e.